The van der Waals surface area contributed by atoms with Gasteiger partial charge < -0.3 is 4.74 Å². The Kier molecular flexibility index (Phi) is 4.05. The number of halogens is 1. The van der Waals surface area contributed by atoms with Crippen LogP contribution in [0.2, 0.25) is 0 Å². The second kappa shape index (κ2) is 5.54. The third kappa shape index (κ3) is 3.00. The van der Waals surface area contributed by atoms with E-state index in [0.717, 1.165) is 17.9 Å². The van der Waals surface area contributed by atoms with E-state index in [1.54, 1.807) is 6.07 Å². The molecule has 2 nitrogen and oxygen atoms in total. The highest BCUT2D eigenvalue weighted by atomic mass is 32.2. The standard InChI is InChI=1S/C13H15FO2S/c1-2-17-6-5-10-8-12(15)11-7-9(14)3-4-13(11)16-10/h3-4,7,10H,2,5-6,8H2,1H3. The molecule has 1 heterocycles. The van der Waals surface area contributed by atoms with Gasteiger partial charge in [-0.15, -0.1) is 0 Å². The number of benzene rings is 1. The van der Waals surface area contributed by atoms with Crippen LogP contribution in [0.25, 0.3) is 0 Å². The lowest BCUT2D eigenvalue weighted by molar-refractivity contribution is 0.0846. The zero-order valence-electron chi connectivity index (χ0n) is 9.74. The van der Waals surface area contributed by atoms with Crippen LogP contribution in [0.3, 0.4) is 0 Å². The summed E-state index contributed by atoms with van der Waals surface area (Å²) < 4.78 is 18.7. The molecule has 1 aliphatic heterocycles. The number of ketones is 1. The first-order valence-corrected chi connectivity index (χ1v) is 6.93. The molecule has 0 fully saturated rings. The van der Waals surface area contributed by atoms with Gasteiger partial charge in [-0.05, 0) is 36.1 Å². The molecular formula is C13H15FO2S. The topological polar surface area (TPSA) is 26.3 Å². The molecule has 0 saturated carbocycles. The zero-order valence-corrected chi connectivity index (χ0v) is 10.6. The van der Waals surface area contributed by atoms with Crippen molar-refractivity contribution in [3.63, 3.8) is 0 Å². The fourth-order valence-electron chi connectivity index (χ4n) is 1.88. The number of hydrogen-bond acceptors (Lipinski definition) is 3. The lowest BCUT2D eigenvalue weighted by Crippen LogP contribution is -2.27. The predicted octanol–water partition coefficient (Wildman–Crippen LogP) is 3.30. The van der Waals surface area contributed by atoms with Gasteiger partial charge in [0.15, 0.2) is 5.78 Å². The summed E-state index contributed by atoms with van der Waals surface area (Å²) in [5, 5.41) is 0. The SMILES string of the molecule is CCSCCC1CC(=O)c2cc(F)ccc2O1. The van der Waals surface area contributed by atoms with Crippen LogP contribution in [0.4, 0.5) is 4.39 Å². The molecule has 0 spiro atoms. The van der Waals surface area contributed by atoms with Crippen molar-refractivity contribution in [2.45, 2.75) is 25.9 Å². The molecule has 0 amide bonds. The van der Waals surface area contributed by atoms with Crippen molar-refractivity contribution >= 4 is 17.5 Å². The number of fused-ring (bicyclic) bond motifs is 1. The van der Waals surface area contributed by atoms with Crippen molar-refractivity contribution in [1.82, 2.24) is 0 Å². The van der Waals surface area contributed by atoms with E-state index < -0.39 is 0 Å². The molecule has 1 aromatic carbocycles. The molecule has 0 aromatic heterocycles. The molecule has 1 aromatic rings. The molecule has 92 valence electrons. The summed E-state index contributed by atoms with van der Waals surface area (Å²) in [5.41, 5.74) is 0.379. The summed E-state index contributed by atoms with van der Waals surface area (Å²) in [6, 6.07) is 4.13. The molecule has 0 radical (unpaired) electrons. The van der Waals surface area contributed by atoms with Crippen LogP contribution in [0.1, 0.15) is 30.1 Å². The van der Waals surface area contributed by atoms with Crippen LogP contribution in [0, 0.1) is 5.82 Å². The number of thioether (sulfide) groups is 1. The van der Waals surface area contributed by atoms with Gasteiger partial charge in [0.05, 0.1) is 5.56 Å². The van der Waals surface area contributed by atoms with Crippen LogP contribution in [0.5, 0.6) is 5.75 Å². The van der Waals surface area contributed by atoms with Crippen molar-refractivity contribution in [2.24, 2.45) is 0 Å². The maximum atomic E-state index is 13.0. The van der Waals surface area contributed by atoms with Gasteiger partial charge in [0.25, 0.3) is 0 Å². The molecular weight excluding hydrogens is 239 g/mol. The van der Waals surface area contributed by atoms with Crippen molar-refractivity contribution in [3.05, 3.63) is 29.6 Å². The Morgan fingerprint density at radius 1 is 1.53 bits per heavy atom. The Labute approximate surface area is 105 Å². The number of carbonyl (C=O) groups excluding carboxylic acids is 1. The van der Waals surface area contributed by atoms with E-state index in [2.05, 4.69) is 6.92 Å². The average molecular weight is 254 g/mol. The highest BCUT2D eigenvalue weighted by Gasteiger charge is 2.26. The van der Waals surface area contributed by atoms with Gasteiger partial charge in [0.2, 0.25) is 0 Å². The number of hydrogen-bond donors (Lipinski definition) is 0. The van der Waals surface area contributed by atoms with Gasteiger partial charge in [0.1, 0.15) is 17.7 Å². The minimum Gasteiger partial charge on any atom is -0.489 e. The maximum absolute atomic E-state index is 13.0. The Balaban J connectivity index is 2.06. The van der Waals surface area contributed by atoms with Crippen LogP contribution in [-0.4, -0.2) is 23.4 Å². The molecule has 0 bridgehead atoms. The van der Waals surface area contributed by atoms with Crippen LogP contribution in [0.15, 0.2) is 18.2 Å². The lowest BCUT2D eigenvalue weighted by atomic mass is 9.99. The second-order valence-corrected chi connectivity index (χ2v) is 5.39. The lowest BCUT2D eigenvalue weighted by Gasteiger charge is -2.25. The summed E-state index contributed by atoms with van der Waals surface area (Å²) in [4.78, 5) is 11.8. The van der Waals surface area contributed by atoms with E-state index in [0.29, 0.717) is 17.7 Å². The Hall–Kier alpha value is -1.03. The molecule has 17 heavy (non-hydrogen) atoms. The largest absolute Gasteiger partial charge is 0.489 e. The van der Waals surface area contributed by atoms with Crippen LogP contribution in [-0.2, 0) is 0 Å². The van der Waals surface area contributed by atoms with Gasteiger partial charge in [0, 0.05) is 6.42 Å². The van der Waals surface area contributed by atoms with Crippen molar-refractivity contribution in [3.8, 4) is 5.75 Å². The molecule has 0 aliphatic carbocycles. The van der Waals surface area contributed by atoms with Gasteiger partial charge >= 0.3 is 0 Å². The molecule has 0 N–H and O–H groups in total. The average Bonchev–Trinajstić information content (AvgIpc) is 2.31. The first kappa shape index (κ1) is 12.4. The normalized spacial score (nSPS) is 18.7. The van der Waals surface area contributed by atoms with E-state index in [1.165, 1.54) is 12.1 Å². The minimum atomic E-state index is -0.388. The highest BCUT2D eigenvalue weighted by molar-refractivity contribution is 7.99. The molecule has 1 unspecified atom stereocenters. The Morgan fingerprint density at radius 3 is 3.12 bits per heavy atom. The molecule has 2 rings (SSSR count). The van der Waals surface area contributed by atoms with Crippen LogP contribution < -0.4 is 4.74 Å². The summed E-state index contributed by atoms with van der Waals surface area (Å²) in [5.74, 6) is 2.18. The first-order valence-electron chi connectivity index (χ1n) is 5.78. The van der Waals surface area contributed by atoms with Gasteiger partial charge in [-0.3, -0.25) is 4.79 Å². The van der Waals surface area contributed by atoms with Gasteiger partial charge in [-0.25, -0.2) is 4.39 Å². The van der Waals surface area contributed by atoms with Crippen LogP contribution >= 0.6 is 11.8 Å². The van der Waals surface area contributed by atoms with Gasteiger partial charge in [-0.2, -0.15) is 11.8 Å². The molecule has 4 heteroatoms. The van der Waals surface area contributed by atoms with E-state index in [4.69, 9.17) is 4.74 Å². The molecule has 1 aliphatic rings. The minimum absolute atomic E-state index is 0.0164. The number of rotatable bonds is 4. The number of Topliss-reactive ketones (excluding diaryl/α,β-unsaturated/α-hetero) is 1. The monoisotopic (exact) mass is 254 g/mol. The third-order valence-corrected chi connectivity index (χ3v) is 3.67. The summed E-state index contributed by atoms with van der Waals surface area (Å²) in [7, 11) is 0. The molecule has 0 saturated heterocycles. The highest BCUT2D eigenvalue weighted by Crippen LogP contribution is 2.29. The quantitative estimate of drug-likeness (QED) is 0.771. The summed E-state index contributed by atoms with van der Waals surface area (Å²) >= 11 is 1.84. The Bertz CT molecular complexity index is 420. The fraction of sp³-hybridized carbons (Fsp3) is 0.462. The Morgan fingerprint density at radius 2 is 2.35 bits per heavy atom. The first-order chi connectivity index (χ1) is 8.20. The van der Waals surface area contributed by atoms with Crippen molar-refractivity contribution in [2.75, 3.05) is 11.5 Å². The fourth-order valence-corrected chi connectivity index (χ4v) is 2.60. The van der Waals surface area contributed by atoms with E-state index >= 15 is 0 Å². The zero-order chi connectivity index (χ0) is 12.3. The van der Waals surface area contributed by atoms with Gasteiger partial charge in [-0.1, -0.05) is 6.92 Å². The second-order valence-electron chi connectivity index (χ2n) is 3.99. The number of ether oxygens (including phenoxy) is 1. The third-order valence-electron chi connectivity index (χ3n) is 2.74. The summed E-state index contributed by atoms with van der Waals surface area (Å²) in [6.45, 7) is 2.11. The predicted molar refractivity (Wildman–Crippen MR) is 67.4 cm³/mol. The smallest absolute Gasteiger partial charge is 0.170 e. The van der Waals surface area contributed by atoms with Crippen molar-refractivity contribution < 1.29 is 13.9 Å². The molecule has 1 atom stereocenters. The summed E-state index contributed by atoms with van der Waals surface area (Å²) in [6.07, 6.45) is 1.17. The maximum Gasteiger partial charge on any atom is 0.170 e. The van der Waals surface area contributed by atoms with E-state index in [-0.39, 0.29) is 17.7 Å². The number of carbonyl (C=O) groups is 1. The van der Waals surface area contributed by atoms with E-state index in [1.807, 2.05) is 11.8 Å². The van der Waals surface area contributed by atoms with Crippen molar-refractivity contribution in [1.29, 1.82) is 0 Å². The van der Waals surface area contributed by atoms with E-state index in [9.17, 15) is 9.18 Å².